The van der Waals surface area contributed by atoms with Crippen molar-refractivity contribution < 1.29 is 4.74 Å². The molecular weight excluding hydrogens is 212 g/mol. The summed E-state index contributed by atoms with van der Waals surface area (Å²) in [7, 11) is 0. The van der Waals surface area contributed by atoms with E-state index in [-0.39, 0.29) is 5.60 Å². The van der Waals surface area contributed by atoms with E-state index in [9.17, 15) is 0 Å². The van der Waals surface area contributed by atoms with Crippen molar-refractivity contribution in [2.45, 2.75) is 69.7 Å². The molecule has 1 N–H and O–H groups in total. The van der Waals surface area contributed by atoms with Crippen molar-refractivity contribution in [2.24, 2.45) is 0 Å². The average Bonchev–Trinajstić information content (AvgIpc) is 2.90. The van der Waals surface area contributed by atoms with Crippen molar-refractivity contribution in [3.8, 4) is 0 Å². The second kappa shape index (κ2) is 4.52. The Balaban J connectivity index is 1.46. The van der Waals surface area contributed by atoms with Crippen LogP contribution in [-0.2, 0) is 4.74 Å². The molecule has 3 saturated heterocycles. The summed E-state index contributed by atoms with van der Waals surface area (Å²) in [5, 5.41) is 3.77. The van der Waals surface area contributed by atoms with Crippen molar-refractivity contribution in [2.75, 3.05) is 19.6 Å². The van der Waals surface area contributed by atoms with Crippen LogP contribution in [-0.4, -0.2) is 48.3 Å². The van der Waals surface area contributed by atoms with E-state index in [1.807, 2.05) is 0 Å². The number of hydrogen-bond acceptors (Lipinski definition) is 3. The lowest BCUT2D eigenvalue weighted by molar-refractivity contribution is -0.0154. The highest BCUT2D eigenvalue weighted by molar-refractivity contribution is 4.96. The fraction of sp³-hybridized carbons (Fsp3) is 1.00. The van der Waals surface area contributed by atoms with E-state index >= 15 is 0 Å². The van der Waals surface area contributed by atoms with Crippen LogP contribution in [0.1, 0.15) is 46.0 Å². The molecule has 0 aromatic rings. The molecule has 3 heterocycles. The maximum atomic E-state index is 6.04. The highest BCUT2D eigenvalue weighted by atomic mass is 16.5. The average molecular weight is 238 g/mol. The Kier molecular flexibility index (Phi) is 3.18. The third kappa shape index (κ3) is 2.51. The van der Waals surface area contributed by atoms with Gasteiger partial charge in [0, 0.05) is 25.2 Å². The zero-order valence-electron chi connectivity index (χ0n) is 11.2. The van der Waals surface area contributed by atoms with Crippen LogP contribution in [0.2, 0.25) is 0 Å². The van der Waals surface area contributed by atoms with Gasteiger partial charge in [0.1, 0.15) is 0 Å². The minimum Gasteiger partial charge on any atom is -0.371 e. The van der Waals surface area contributed by atoms with Gasteiger partial charge in [-0.3, -0.25) is 4.90 Å². The summed E-state index contributed by atoms with van der Waals surface area (Å²) < 4.78 is 6.04. The van der Waals surface area contributed by atoms with E-state index in [1.54, 1.807) is 0 Å². The second-order valence-electron chi connectivity index (χ2n) is 6.59. The topological polar surface area (TPSA) is 24.5 Å². The summed E-state index contributed by atoms with van der Waals surface area (Å²) in [4.78, 5) is 2.66. The third-order valence-electron chi connectivity index (χ3n) is 4.77. The lowest BCUT2D eigenvalue weighted by Gasteiger charge is -2.24. The lowest BCUT2D eigenvalue weighted by atomic mass is 10.0. The van der Waals surface area contributed by atoms with E-state index in [0.29, 0.717) is 6.10 Å². The van der Waals surface area contributed by atoms with Gasteiger partial charge in [-0.25, -0.2) is 0 Å². The molecule has 0 aliphatic carbocycles. The van der Waals surface area contributed by atoms with Crippen LogP contribution in [0.15, 0.2) is 0 Å². The van der Waals surface area contributed by atoms with Gasteiger partial charge in [0.15, 0.2) is 0 Å². The first-order valence-corrected chi connectivity index (χ1v) is 7.29. The number of fused-ring (bicyclic) bond motifs is 1. The summed E-state index contributed by atoms with van der Waals surface area (Å²) in [6.45, 7) is 8.11. The zero-order chi connectivity index (χ0) is 11.9. The normalized spacial score (nSPS) is 40.9. The predicted octanol–water partition coefficient (Wildman–Crippen LogP) is 1.77. The van der Waals surface area contributed by atoms with Gasteiger partial charge in [-0.05, 0) is 52.5 Å². The fourth-order valence-electron chi connectivity index (χ4n) is 3.82. The molecule has 3 aliphatic heterocycles. The molecule has 0 bridgehead atoms. The summed E-state index contributed by atoms with van der Waals surface area (Å²) in [5.74, 6) is 0. The smallest absolute Gasteiger partial charge is 0.0707 e. The minimum absolute atomic E-state index is 0.113. The molecule has 3 nitrogen and oxygen atoms in total. The quantitative estimate of drug-likeness (QED) is 0.811. The van der Waals surface area contributed by atoms with Gasteiger partial charge in [0.25, 0.3) is 0 Å². The van der Waals surface area contributed by atoms with Gasteiger partial charge in [0.05, 0.1) is 11.7 Å². The second-order valence-corrected chi connectivity index (χ2v) is 6.59. The van der Waals surface area contributed by atoms with E-state index in [1.165, 1.54) is 45.2 Å². The van der Waals surface area contributed by atoms with Crippen molar-refractivity contribution in [1.82, 2.24) is 10.2 Å². The molecule has 0 aromatic carbocycles. The standard InChI is InChI=1S/C14H26N2O/c1-14(2)7-5-11(17-14)10-15-12-6-9-16-8-3-4-13(12)16/h11-13,15H,3-10H2,1-2H3. The molecule has 3 unspecified atom stereocenters. The minimum atomic E-state index is 0.113. The van der Waals surface area contributed by atoms with Crippen LogP contribution >= 0.6 is 0 Å². The predicted molar refractivity (Wildman–Crippen MR) is 69.2 cm³/mol. The Morgan fingerprint density at radius 1 is 1.24 bits per heavy atom. The number of nitrogens with zero attached hydrogens (tertiary/aromatic N) is 1. The third-order valence-corrected chi connectivity index (χ3v) is 4.77. The number of hydrogen-bond donors (Lipinski definition) is 1. The SMILES string of the molecule is CC1(C)CCC(CNC2CCN3CCCC23)O1. The van der Waals surface area contributed by atoms with Gasteiger partial charge in [-0.1, -0.05) is 0 Å². The maximum Gasteiger partial charge on any atom is 0.0707 e. The van der Waals surface area contributed by atoms with Crippen molar-refractivity contribution >= 4 is 0 Å². The molecule has 3 rings (SSSR count). The van der Waals surface area contributed by atoms with Crippen molar-refractivity contribution in [1.29, 1.82) is 0 Å². The van der Waals surface area contributed by atoms with Crippen molar-refractivity contribution in [3.05, 3.63) is 0 Å². The first-order chi connectivity index (χ1) is 8.14. The number of rotatable bonds is 3. The highest BCUT2D eigenvalue weighted by Crippen LogP contribution is 2.30. The van der Waals surface area contributed by atoms with Gasteiger partial charge in [-0.2, -0.15) is 0 Å². The fourth-order valence-corrected chi connectivity index (χ4v) is 3.82. The van der Waals surface area contributed by atoms with Gasteiger partial charge >= 0.3 is 0 Å². The largest absolute Gasteiger partial charge is 0.371 e. The van der Waals surface area contributed by atoms with Gasteiger partial charge in [-0.15, -0.1) is 0 Å². The molecule has 0 radical (unpaired) electrons. The monoisotopic (exact) mass is 238 g/mol. The van der Waals surface area contributed by atoms with Crippen LogP contribution in [0, 0.1) is 0 Å². The van der Waals surface area contributed by atoms with Crippen LogP contribution < -0.4 is 5.32 Å². The molecule has 98 valence electrons. The Morgan fingerprint density at radius 2 is 2.12 bits per heavy atom. The summed E-state index contributed by atoms with van der Waals surface area (Å²) in [6, 6.07) is 1.55. The molecule has 0 saturated carbocycles. The van der Waals surface area contributed by atoms with Crippen LogP contribution in [0.25, 0.3) is 0 Å². The molecule has 17 heavy (non-hydrogen) atoms. The maximum absolute atomic E-state index is 6.04. The molecule has 0 aromatic heterocycles. The zero-order valence-corrected chi connectivity index (χ0v) is 11.2. The number of nitrogens with one attached hydrogen (secondary N) is 1. The molecule has 3 atom stereocenters. The first-order valence-electron chi connectivity index (χ1n) is 7.29. The van der Waals surface area contributed by atoms with Crippen LogP contribution in [0.5, 0.6) is 0 Å². The van der Waals surface area contributed by atoms with Gasteiger partial charge in [0.2, 0.25) is 0 Å². The van der Waals surface area contributed by atoms with E-state index in [2.05, 4.69) is 24.1 Å². The summed E-state index contributed by atoms with van der Waals surface area (Å²) in [5.41, 5.74) is 0.113. The van der Waals surface area contributed by atoms with Crippen LogP contribution in [0.3, 0.4) is 0 Å². The van der Waals surface area contributed by atoms with E-state index in [0.717, 1.165) is 18.6 Å². The van der Waals surface area contributed by atoms with Gasteiger partial charge < -0.3 is 10.1 Å². The molecule has 3 fully saturated rings. The van der Waals surface area contributed by atoms with Crippen molar-refractivity contribution in [3.63, 3.8) is 0 Å². The Hall–Kier alpha value is -0.120. The summed E-state index contributed by atoms with van der Waals surface area (Å²) in [6.07, 6.45) is 7.01. The highest BCUT2D eigenvalue weighted by Gasteiger charge is 2.38. The number of ether oxygens (including phenoxy) is 1. The summed E-state index contributed by atoms with van der Waals surface area (Å²) >= 11 is 0. The van der Waals surface area contributed by atoms with E-state index < -0.39 is 0 Å². The Labute approximate surface area is 105 Å². The Morgan fingerprint density at radius 3 is 2.88 bits per heavy atom. The van der Waals surface area contributed by atoms with E-state index in [4.69, 9.17) is 4.74 Å². The molecule has 0 amide bonds. The lowest BCUT2D eigenvalue weighted by Crippen LogP contribution is -2.42. The molecular formula is C14H26N2O. The van der Waals surface area contributed by atoms with Crippen LogP contribution in [0.4, 0.5) is 0 Å². The molecule has 0 spiro atoms. The molecule has 3 aliphatic rings. The molecule has 3 heteroatoms. The Bertz CT molecular complexity index is 279. The first kappa shape index (κ1) is 11.9.